The highest BCUT2D eigenvalue weighted by molar-refractivity contribution is 5.99. The van der Waals surface area contributed by atoms with Gasteiger partial charge in [-0.2, -0.15) is 0 Å². The third-order valence-corrected chi connectivity index (χ3v) is 2.28. The first-order valence-corrected chi connectivity index (χ1v) is 4.28. The first-order chi connectivity index (χ1) is 6.68. The molecule has 0 fully saturated rings. The molecular formula is C10H8NO3-. The van der Waals surface area contributed by atoms with E-state index in [0.717, 1.165) is 0 Å². The number of anilines is 1. The van der Waals surface area contributed by atoms with Gasteiger partial charge in [0.15, 0.2) is 0 Å². The molecule has 0 aliphatic carbocycles. The van der Waals surface area contributed by atoms with Crippen LogP contribution in [0.15, 0.2) is 24.3 Å². The molecule has 1 N–H and O–H groups in total. The highest BCUT2D eigenvalue weighted by atomic mass is 16.4. The van der Waals surface area contributed by atoms with Crippen LogP contribution in [0.5, 0.6) is 0 Å². The molecule has 0 spiro atoms. The molecule has 1 amide bonds. The quantitative estimate of drug-likeness (QED) is 0.670. The van der Waals surface area contributed by atoms with Crippen molar-refractivity contribution in [1.82, 2.24) is 0 Å². The van der Waals surface area contributed by atoms with Crippen molar-refractivity contribution in [2.45, 2.75) is 12.3 Å². The van der Waals surface area contributed by atoms with Gasteiger partial charge in [0.25, 0.3) is 0 Å². The molecule has 0 saturated carbocycles. The molecule has 1 atom stereocenters. The number of carboxylic acids is 1. The van der Waals surface area contributed by atoms with Crippen LogP contribution in [0, 0.1) is 0 Å². The molecule has 1 aliphatic heterocycles. The number of nitrogens with one attached hydrogen (secondary N) is 1. The number of benzene rings is 1. The topological polar surface area (TPSA) is 69.2 Å². The predicted molar refractivity (Wildman–Crippen MR) is 47.4 cm³/mol. The van der Waals surface area contributed by atoms with Crippen LogP contribution in [0.4, 0.5) is 5.69 Å². The van der Waals surface area contributed by atoms with Crippen molar-refractivity contribution in [2.24, 2.45) is 0 Å². The molecule has 0 bridgehead atoms. The molecule has 4 heteroatoms. The monoisotopic (exact) mass is 190 g/mol. The number of para-hydroxylation sites is 1. The number of hydrogen-bond acceptors (Lipinski definition) is 3. The Morgan fingerprint density at radius 1 is 1.43 bits per heavy atom. The van der Waals surface area contributed by atoms with Crippen LogP contribution in [0.1, 0.15) is 17.9 Å². The Morgan fingerprint density at radius 2 is 2.14 bits per heavy atom. The third kappa shape index (κ3) is 1.35. The lowest BCUT2D eigenvalue weighted by Gasteiger charge is -2.25. The third-order valence-electron chi connectivity index (χ3n) is 2.28. The number of rotatable bonds is 1. The van der Waals surface area contributed by atoms with Crippen molar-refractivity contribution in [2.75, 3.05) is 5.32 Å². The van der Waals surface area contributed by atoms with Gasteiger partial charge >= 0.3 is 0 Å². The Bertz CT molecular complexity index is 400. The Kier molecular flexibility index (Phi) is 1.96. The second-order valence-corrected chi connectivity index (χ2v) is 3.21. The standard InChI is InChI=1S/C10H9NO3/c12-9-5-7(10(13)14)6-3-1-2-4-8(6)11-9/h1-4,7H,5H2,(H,11,12)(H,13,14)/p-1. The average Bonchev–Trinajstić information content (AvgIpc) is 2.16. The zero-order valence-electron chi connectivity index (χ0n) is 7.32. The molecule has 1 aromatic carbocycles. The smallest absolute Gasteiger partial charge is 0.225 e. The van der Waals surface area contributed by atoms with Gasteiger partial charge in [-0.15, -0.1) is 0 Å². The van der Waals surface area contributed by atoms with Crippen molar-refractivity contribution in [1.29, 1.82) is 0 Å². The Balaban J connectivity index is 2.48. The van der Waals surface area contributed by atoms with Gasteiger partial charge in [-0.25, -0.2) is 0 Å². The van der Waals surface area contributed by atoms with Gasteiger partial charge in [-0.05, 0) is 11.6 Å². The van der Waals surface area contributed by atoms with E-state index < -0.39 is 11.9 Å². The van der Waals surface area contributed by atoms with Crippen molar-refractivity contribution in [3.05, 3.63) is 29.8 Å². The number of amides is 1. The fourth-order valence-corrected chi connectivity index (χ4v) is 1.62. The fraction of sp³-hybridized carbons (Fsp3) is 0.200. The van der Waals surface area contributed by atoms with Crippen LogP contribution >= 0.6 is 0 Å². The molecule has 4 nitrogen and oxygen atoms in total. The maximum absolute atomic E-state index is 11.1. The van der Waals surface area contributed by atoms with Gasteiger partial charge in [0, 0.05) is 24.0 Å². The van der Waals surface area contributed by atoms with Gasteiger partial charge in [0.05, 0.1) is 0 Å². The van der Waals surface area contributed by atoms with Crippen molar-refractivity contribution < 1.29 is 14.7 Å². The van der Waals surface area contributed by atoms with E-state index in [0.29, 0.717) is 11.3 Å². The summed E-state index contributed by atoms with van der Waals surface area (Å²) in [7, 11) is 0. The van der Waals surface area contributed by atoms with E-state index in [4.69, 9.17) is 0 Å². The molecule has 1 aromatic rings. The molecule has 14 heavy (non-hydrogen) atoms. The average molecular weight is 190 g/mol. The van der Waals surface area contributed by atoms with E-state index in [2.05, 4.69) is 5.32 Å². The van der Waals surface area contributed by atoms with E-state index in [1.807, 2.05) is 0 Å². The minimum Gasteiger partial charge on any atom is -0.549 e. The summed E-state index contributed by atoms with van der Waals surface area (Å²) in [6.07, 6.45) is -0.0423. The normalized spacial score (nSPS) is 19.7. The summed E-state index contributed by atoms with van der Waals surface area (Å²) < 4.78 is 0. The van der Waals surface area contributed by atoms with E-state index in [9.17, 15) is 14.7 Å². The van der Waals surface area contributed by atoms with Crippen LogP contribution in [-0.4, -0.2) is 11.9 Å². The predicted octanol–water partition coefficient (Wildman–Crippen LogP) is -0.138. The maximum atomic E-state index is 11.1. The van der Waals surface area contributed by atoms with Crippen LogP contribution in [0.25, 0.3) is 0 Å². The second kappa shape index (κ2) is 3.14. The molecular weight excluding hydrogens is 182 g/mol. The lowest BCUT2D eigenvalue weighted by molar-refractivity contribution is -0.308. The molecule has 2 rings (SSSR count). The number of carboxylic acid groups (broad SMARTS) is 1. The van der Waals surface area contributed by atoms with E-state index in [-0.39, 0.29) is 12.3 Å². The first kappa shape index (κ1) is 8.74. The number of fused-ring (bicyclic) bond motifs is 1. The molecule has 1 heterocycles. The summed E-state index contributed by atoms with van der Waals surface area (Å²) in [5, 5.41) is 13.4. The Labute approximate surface area is 80.6 Å². The molecule has 0 radical (unpaired) electrons. The van der Waals surface area contributed by atoms with Gasteiger partial charge < -0.3 is 15.2 Å². The highest BCUT2D eigenvalue weighted by Crippen LogP contribution is 2.31. The molecule has 0 aromatic heterocycles. The van der Waals surface area contributed by atoms with E-state index in [1.165, 1.54) is 0 Å². The minimum atomic E-state index is -1.20. The summed E-state index contributed by atoms with van der Waals surface area (Å²) in [4.78, 5) is 21.9. The summed E-state index contributed by atoms with van der Waals surface area (Å²) >= 11 is 0. The maximum Gasteiger partial charge on any atom is 0.225 e. The summed E-state index contributed by atoms with van der Waals surface area (Å²) in [5.41, 5.74) is 1.19. The van der Waals surface area contributed by atoms with Gasteiger partial charge in [0.2, 0.25) is 5.91 Å². The van der Waals surface area contributed by atoms with Crippen LogP contribution in [0.2, 0.25) is 0 Å². The van der Waals surface area contributed by atoms with Gasteiger partial charge in [-0.3, -0.25) is 4.79 Å². The van der Waals surface area contributed by atoms with Gasteiger partial charge in [0.1, 0.15) is 0 Å². The lowest BCUT2D eigenvalue weighted by atomic mass is 9.91. The first-order valence-electron chi connectivity index (χ1n) is 4.28. The number of hydrogen-bond donors (Lipinski definition) is 1. The van der Waals surface area contributed by atoms with E-state index in [1.54, 1.807) is 24.3 Å². The summed E-state index contributed by atoms with van der Waals surface area (Å²) in [6.45, 7) is 0. The molecule has 1 unspecified atom stereocenters. The number of aliphatic carboxylic acids is 1. The highest BCUT2D eigenvalue weighted by Gasteiger charge is 2.25. The second-order valence-electron chi connectivity index (χ2n) is 3.21. The largest absolute Gasteiger partial charge is 0.549 e. The zero-order chi connectivity index (χ0) is 10.1. The van der Waals surface area contributed by atoms with Crippen LogP contribution < -0.4 is 10.4 Å². The SMILES string of the molecule is O=C1CC(C(=O)[O-])c2ccccc2N1. The van der Waals surface area contributed by atoms with Crippen LogP contribution in [-0.2, 0) is 9.59 Å². The minimum absolute atomic E-state index is 0.0423. The lowest BCUT2D eigenvalue weighted by Crippen LogP contribution is -2.35. The molecule has 72 valence electrons. The van der Waals surface area contributed by atoms with Crippen molar-refractivity contribution in [3.63, 3.8) is 0 Å². The zero-order valence-corrected chi connectivity index (χ0v) is 7.32. The Hall–Kier alpha value is -1.84. The van der Waals surface area contributed by atoms with Crippen LogP contribution in [0.3, 0.4) is 0 Å². The number of carbonyl (C=O) groups is 2. The summed E-state index contributed by atoms with van der Waals surface area (Å²) in [5.74, 6) is -2.30. The Morgan fingerprint density at radius 3 is 2.86 bits per heavy atom. The molecule has 1 aliphatic rings. The van der Waals surface area contributed by atoms with Crippen molar-refractivity contribution >= 4 is 17.6 Å². The van der Waals surface area contributed by atoms with Gasteiger partial charge in [-0.1, -0.05) is 18.2 Å². The number of carbonyl (C=O) groups excluding carboxylic acids is 2. The molecule has 0 saturated heterocycles. The summed E-state index contributed by atoms with van der Waals surface area (Å²) in [6, 6.07) is 6.86. The van der Waals surface area contributed by atoms with Crippen molar-refractivity contribution in [3.8, 4) is 0 Å². The fourth-order valence-electron chi connectivity index (χ4n) is 1.62. The van der Waals surface area contributed by atoms with E-state index >= 15 is 0 Å².